The predicted molar refractivity (Wildman–Crippen MR) is 83.9 cm³/mol. The average molecular weight is 284 g/mol. The molecule has 0 bridgehead atoms. The van der Waals surface area contributed by atoms with E-state index in [1.165, 1.54) is 0 Å². The standard InChI is InChI=1S/C16H20N4O/c1-20(10-7-13-5-8-18-9-6-13)16(21)19-15-4-2-3-14(11-15)12-17/h2-6,8-9,11H,7,10,12,17H2,1H3,(H,19,21). The lowest BCUT2D eigenvalue weighted by molar-refractivity contribution is 0.223. The van der Waals surface area contributed by atoms with Crippen molar-refractivity contribution in [3.8, 4) is 0 Å². The second kappa shape index (κ2) is 7.40. The molecule has 0 aliphatic rings. The van der Waals surface area contributed by atoms with Gasteiger partial charge in [0.05, 0.1) is 0 Å². The minimum Gasteiger partial charge on any atom is -0.327 e. The zero-order chi connectivity index (χ0) is 15.1. The van der Waals surface area contributed by atoms with E-state index in [-0.39, 0.29) is 6.03 Å². The number of likely N-dealkylation sites (N-methyl/N-ethyl adjacent to an activating group) is 1. The number of anilines is 1. The first kappa shape index (κ1) is 15.0. The maximum atomic E-state index is 12.1. The second-order valence-corrected chi connectivity index (χ2v) is 4.86. The van der Waals surface area contributed by atoms with E-state index in [4.69, 9.17) is 5.73 Å². The number of carbonyl (C=O) groups excluding carboxylic acids is 1. The van der Waals surface area contributed by atoms with E-state index in [0.29, 0.717) is 13.1 Å². The van der Waals surface area contributed by atoms with Crippen molar-refractivity contribution in [2.45, 2.75) is 13.0 Å². The van der Waals surface area contributed by atoms with Crippen molar-refractivity contribution in [3.63, 3.8) is 0 Å². The third kappa shape index (κ3) is 4.57. The Morgan fingerprint density at radius 2 is 2.00 bits per heavy atom. The molecular weight excluding hydrogens is 264 g/mol. The fraction of sp³-hybridized carbons (Fsp3) is 0.250. The Hall–Kier alpha value is -2.40. The number of nitrogens with zero attached hydrogens (tertiary/aromatic N) is 2. The first-order chi connectivity index (χ1) is 10.2. The van der Waals surface area contributed by atoms with Crippen molar-refractivity contribution < 1.29 is 4.79 Å². The molecule has 0 spiro atoms. The minimum atomic E-state index is -0.127. The van der Waals surface area contributed by atoms with Crippen LogP contribution >= 0.6 is 0 Å². The fourth-order valence-electron chi connectivity index (χ4n) is 1.94. The molecule has 1 heterocycles. The van der Waals surface area contributed by atoms with E-state index in [9.17, 15) is 4.79 Å². The molecule has 1 aromatic carbocycles. The van der Waals surface area contributed by atoms with Gasteiger partial charge in [-0.15, -0.1) is 0 Å². The van der Waals surface area contributed by atoms with Crippen LogP contribution in [-0.2, 0) is 13.0 Å². The number of rotatable bonds is 5. The molecule has 0 saturated carbocycles. The summed E-state index contributed by atoms with van der Waals surface area (Å²) in [5.41, 5.74) is 8.51. The molecule has 5 nitrogen and oxygen atoms in total. The average Bonchev–Trinajstić information content (AvgIpc) is 2.53. The van der Waals surface area contributed by atoms with Crippen LogP contribution in [0.25, 0.3) is 0 Å². The highest BCUT2D eigenvalue weighted by molar-refractivity contribution is 5.89. The van der Waals surface area contributed by atoms with Gasteiger partial charge in [-0.05, 0) is 41.8 Å². The molecule has 0 atom stereocenters. The minimum absolute atomic E-state index is 0.127. The van der Waals surface area contributed by atoms with E-state index in [0.717, 1.165) is 23.2 Å². The molecule has 110 valence electrons. The third-order valence-electron chi connectivity index (χ3n) is 3.25. The first-order valence-corrected chi connectivity index (χ1v) is 6.89. The van der Waals surface area contributed by atoms with E-state index >= 15 is 0 Å². The molecule has 0 aliphatic carbocycles. The predicted octanol–water partition coefficient (Wildman–Crippen LogP) is 2.25. The lowest BCUT2D eigenvalue weighted by Gasteiger charge is -2.18. The number of amides is 2. The zero-order valence-corrected chi connectivity index (χ0v) is 12.1. The van der Waals surface area contributed by atoms with Crippen LogP contribution in [0.15, 0.2) is 48.8 Å². The third-order valence-corrected chi connectivity index (χ3v) is 3.25. The molecule has 0 unspecified atom stereocenters. The van der Waals surface area contributed by atoms with Gasteiger partial charge in [0.2, 0.25) is 0 Å². The summed E-state index contributed by atoms with van der Waals surface area (Å²) < 4.78 is 0. The van der Waals surface area contributed by atoms with Gasteiger partial charge in [-0.3, -0.25) is 4.98 Å². The van der Waals surface area contributed by atoms with Gasteiger partial charge in [-0.25, -0.2) is 4.79 Å². The van der Waals surface area contributed by atoms with Crippen LogP contribution in [-0.4, -0.2) is 29.5 Å². The van der Waals surface area contributed by atoms with Crippen LogP contribution in [0.4, 0.5) is 10.5 Å². The van der Waals surface area contributed by atoms with Crippen LogP contribution in [0.3, 0.4) is 0 Å². The molecule has 0 radical (unpaired) electrons. The maximum Gasteiger partial charge on any atom is 0.321 e. The Kier molecular flexibility index (Phi) is 5.29. The molecule has 0 saturated heterocycles. The monoisotopic (exact) mass is 284 g/mol. The fourth-order valence-corrected chi connectivity index (χ4v) is 1.94. The molecule has 1 aromatic heterocycles. The molecule has 5 heteroatoms. The van der Waals surface area contributed by atoms with Gasteiger partial charge in [0, 0.05) is 38.2 Å². The van der Waals surface area contributed by atoms with Crippen LogP contribution in [0.2, 0.25) is 0 Å². The SMILES string of the molecule is CN(CCc1ccncc1)C(=O)Nc1cccc(CN)c1. The van der Waals surface area contributed by atoms with E-state index in [1.54, 1.807) is 24.3 Å². The van der Waals surface area contributed by atoms with Gasteiger partial charge in [-0.1, -0.05) is 12.1 Å². The van der Waals surface area contributed by atoms with Crippen LogP contribution in [0, 0.1) is 0 Å². The normalized spacial score (nSPS) is 10.2. The van der Waals surface area contributed by atoms with Crippen molar-refractivity contribution in [3.05, 3.63) is 59.9 Å². The summed E-state index contributed by atoms with van der Waals surface area (Å²) in [6.07, 6.45) is 4.32. The summed E-state index contributed by atoms with van der Waals surface area (Å²) in [6, 6.07) is 11.3. The van der Waals surface area contributed by atoms with Crippen molar-refractivity contribution in [1.82, 2.24) is 9.88 Å². The highest BCUT2D eigenvalue weighted by Gasteiger charge is 2.08. The number of nitrogens with one attached hydrogen (secondary N) is 1. The number of hydrogen-bond acceptors (Lipinski definition) is 3. The number of hydrogen-bond donors (Lipinski definition) is 2. The molecule has 3 N–H and O–H groups in total. The molecule has 0 aliphatic heterocycles. The number of nitrogens with two attached hydrogens (primary N) is 1. The van der Waals surface area contributed by atoms with Crippen LogP contribution in [0.5, 0.6) is 0 Å². The highest BCUT2D eigenvalue weighted by Crippen LogP contribution is 2.11. The lowest BCUT2D eigenvalue weighted by atomic mass is 10.2. The Morgan fingerprint density at radius 1 is 1.24 bits per heavy atom. The topological polar surface area (TPSA) is 71.2 Å². The quantitative estimate of drug-likeness (QED) is 0.884. The van der Waals surface area contributed by atoms with E-state index < -0.39 is 0 Å². The molecule has 21 heavy (non-hydrogen) atoms. The van der Waals surface area contributed by atoms with Crippen molar-refractivity contribution in [2.75, 3.05) is 18.9 Å². The number of carbonyl (C=O) groups is 1. The van der Waals surface area contributed by atoms with Crippen LogP contribution < -0.4 is 11.1 Å². The van der Waals surface area contributed by atoms with Gasteiger partial charge in [0.25, 0.3) is 0 Å². The summed E-state index contributed by atoms with van der Waals surface area (Å²) in [5.74, 6) is 0. The van der Waals surface area contributed by atoms with Crippen molar-refractivity contribution >= 4 is 11.7 Å². The summed E-state index contributed by atoms with van der Waals surface area (Å²) in [4.78, 5) is 17.7. The van der Waals surface area contributed by atoms with Gasteiger partial charge in [-0.2, -0.15) is 0 Å². The zero-order valence-electron chi connectivity index (χ0n) is 12.1. The number of benzene rings is 1. The van der Waals surface area contributed by atoms with Crippen LogP contribution in [0.1, 0.15) is 11.1 Å². The number of urea groups is 1. The summed E-state index contributed by atoms with van der Waals surface area (Å²) in [6.45, 7) is 1.11. The lowest BCUT2D eigenvalue weighted by Crippen LogP contribution is -2.33. The second-order valence-electron chi connectivity index (χ2n) is 4.86. The maximum absolute atomic E-state index is 12.1. The smallest absolute Gasteiger partial charge is 0.321 e. The number of aromatic nitrogens is 1. The van der Waals surface area contributed by atoms with Gasteiger partial charge in [0.15, 0.2) is 0 Å². The molecule has 0 fully saturated rings. The van der Waals surface area contributed by atoms with Gasteiger partial charge < -0.3 is 16.0 Å². The Bertz CT molecular complexity index is 586. The summed E-state index contributed by atoms with van der Waals surface area (Å²) in [5, 5.41) is 2.87. The Morgan fingerprint density at radius 3 is 2.71 bits per heavy atom. The van der Waals surface area contributed by atoms with Gasteiger partial charge >= 0.3 is 6.03 Å². The van der Waals surface area contributed by atoms with Gasteiger partial charge in [0.1, 0.15) is 0 Å². The van der Waals surface area contributed by atoms with Crippen molar-refractivity contribution in [1.29, 1.82) is 0 Å². The number of pyridine rings is 1. The highest BCUT2D eigenvalue weighted by atomic mass is 16.2. The molecule has 2 aromatic rings. The molecular formula is C16H20N4O. The largest absolute Gasteiger partial charge is 0.327 e. The van der Waals surface area contributed by atoms with E-state index in [2.05, 4.69) is 10.3 Å². The Labute approximate surface area is 124 Å². The van der Waals surface area contributed by atoms with Crippen molar-refractivity contribution in [2.24, 2.45) is 5.73 Å². The summed E-state index contributed by atoms with van der Waals surface area (Å²) >= 11 is 0. The first-order valence-electron chi connectivity index (χ1n) is 6.89. The molecule has 2 rings (SSSR count). The Balaban J connectivity index is 1.87. The molecule has 2 amide bonds. The summed E-state index contributed by atoms with van der Waals surface area (Å²) in [7, 11) is 1.78. The van der Waals surface area contributed by atoms with E-state index in [1.807, 2.05) is 36.4 Å².